The summed E-state index contributed by atoms with van der Waals surface area (Å²) in [4.78, 5) is 10.7. The van der Waals surface area contributed by atoms with E-state index in [0.29, 0.717) is 0 Å². The van der Waals surface area contributed by atoms with Gasteiger partial charge in [-0.25, -0.2) is 13.9 Å². The molecule has 0 saturated carbocycles. The van der Waals surface area contributed by atoms with Gasteiger partial charge in [0.2, 0.25) is 0 Å². The minimum atomic E-state index is -0.975. The first-order valence-corrected chi connectivity index (χ1v) is 4.18. The predicted molar refractivity (Wildman–Crippen MR) is 50.2 cm³/mol. The van der Waals surface area contributed by atoms with Gasteiger partial charge in [-0.2, -0.15) is 5.10 Å². The first-order valence-electron chi connectivity index (χ1n) is 4.18. The van der Waals surface area contributed by atoms with Crippen LogP contribution >= 0.6 is 0 Å². The summed E-state index contributed by atoms with van der Waals surface area (Å²) >= 11 is 0. The maximum Gasteiger partial charge on any atom is 0.264 e. The zero-order valence-electron chi connectivity index (χ0n) is 7.50. The number of halogens is 2. The second-order valence-corrected chi connectivity index (χ2v) is 2.91. The number of aromatic amines is 1. The van der Waals surface area contributed by atoms with Crippen LogP contribution in [0, 0.1) is 11.6 Å². The molecule has 1 N–H and O–H groups in total. The number of nitrogens with zero attached hydrogens (tertiary/aromatic N) is 1. The lowest BCUT2D eigenvalue weighted by atomic mass is 10.1. The van der Waals surface area contributed by atoms with Gasteiger partial charge >= 0.3 is 0 Å². The van der Waals surface area contributed by atoms with Crippen LogP contribution in [-0.2, 0) is 0 Å². The van der Waals surface area contributed by atoms with Gasteiger partial charge in [-0.3, -0.25) is 4.79 Å². The van der Waals surface area contributed by atoms with Gasteiger partial charge in [-0.05, 0) is 18.2 Å². The highest BCUT2D eigenvalue weighted by Gasteiger charge is 2.10. The number of H-pyrrole nitrogens is 1. The van der Waals surface area contributed by atoms with Crippen molar-refractivity contribution in [2.24, 2.45) is 0 Å². The van der Waals surface area contributed by atoms with Gasteiger partial charge in [0, 0.05) is 11.6 Å². The van der Waals surface area contributed by atoms with Crippen LogP contribution in [-0.4, -0.2) is 10.2 Å². The summed E-state index contributed by atoms with van der Waals surface area (Å²) in [6.07, 6.45) is 0. The van der Waals surface area contributed by atoms with E-state index < -0.39 is 17.2 Å². The number of rotatable bonds is 1. The lowest BCUT2D eigenvalue weighted by Crippen LogP contribution is -2.06. The molecule has 0 aliphatic heterocycles. The van der Waals surface area contributed by atoms with E-state index in [1.807, 2.05) is 0 Å². The Morgan fingerprint density at radius 2 is 1.93 bits per heavy atom. The molecule has 0 aliphatic rings. The van der Waals surface area contributed by atoms with E-state index in [1.54, 1.807) is 0 Å². The number of hydrogen-bond acceptors (Lipinski definition) is 2. The van der Waals surface area contributed by atoms with Crippen LogP contribution in [0.1, 0.15) is 0 Å². The van der Waals surface area contributed by atoms with Crippen LogP contribution in [0.2, 0.25) is 0 Å². The summed E-state index contributed by atoms with van der Waals surface area (Å²) in [6.45, 7) is 0. The molecule has 0 radical (unpaired) electrons. The zero-order valence-corrected chi connectivity index (χ0v) is 7.50. The van der Waals surface area contributed by atoms with Gasteiger partial charge in [-0.1, -0.05) is 6.07 Å². The third-order valence-corrected chi connectivity index (χ3v) is 1.91. The lowest BCUT2D eigenvalue weighted by molar-refractivity contribution is 0.511. The molecule has 76 valence electrons. The molecule has 0 spiro atoms. The fourth-order valence-electron chi connectivity index (χ4n) is 1.20. The van der Waals surface area contributed by atoms with E-state index in [1.165, 1.54) is 24.3 Å². The highest BCUT2D eigenvalue weighted by atomic mass is 19.2. The van der Waals surface area contributed by atoms with Crippen molar-refractivity contribution in [2.75, 3.05) is 0 Å². The molecular weight excluding hydrogens is 202 g/mol. The maximum atomic E-state index is 13.3. The van der Waals surface area contributed by atoms with E-state index in [9.17, 15) is 13.6 Å². The summed E-state index contributed by atoms with van der Waals surface area (Å²) in [7, 11) is 0. The molecule has 15 heavy (non-hydrogen) atoms. The Kier molecular flexibility index (Phi) is 2.29. The fraction of sp³-hybridized carbons (Fsp3) is 0. The summed E-state index contributed by atoms with van der Waals surface area (Å²) in [5, 5.41) is 5.76. The Hall–Kier alpha value is -2.04. The molecule has 2 rings (SSSR count). The zero-order chi connectivity index (χ0) is 10.8. The first kappa shape index (κ1) is 9.51. The summed E-state index contributed by atoms with van der Waals surface area (Å²) in [6, 6.07) is 6.31. The largest absolute Gasteiger partial charge is 0.268 e. The van der Waals surface area contributed by atoms with E-state index in [-0.39, 0.29) is 11.3 Å². The summed E-state index contributed by atoms with van der Waals surface area (Å²) in [5.41, 5.74) is -0.187. The average Bonchev–Trinajstić information content (AvgIpc) is 2.24. The topological polar surface area (TPSA) is 45.8 Å². The number of nitrogens with one attached hydrogen (secondary N) is 1. The number of aromatic nitrogens is 2. The molecule has 1 aromatic carbocycles. The van der Waals surface area contributed by atoms with Gasteiger partial charge in [-0.15, -0.1) is 0 Å². The Morgan fingerprint density at radius 1 is 1.13 bits per heavy atom. The van der Waals surface area contributed by atoms with E-state index in [2.05, 4.69) is 10.2 Å². The molecule has 0 amide bonds. The highest BCUT2D eigenvalue weighted by Crippen LogP contribution is 2.20. The van der Waals surface area contributed by atoms with Crippen molar-refractivity contribution in [1.82, 2.24) is 10.2 Å². The van der Waals surface area contributed by atoms with Gasteiger partial charge in [0.15, 0.2) is 11.6 Å². The van der Waals surface area contributed by atoms with Gasteiger partial charge in [0.05, 0.1) is 5.69 Å². The van der Waals surface area contributed by atoms with Gasteiger partial charge in [0.1, 0.15) is 0 Å². The monoisotopic (exact) mass is 208 g/mol. The van der Waals surface area contributed by atoms with Crippen LogP contribution in [0.4, 0.5) is 8.78 Å². The molecule has 3 nitrogen and oxygen atoms in total. The first-order chi connectivity index (χ1) is 7.18. The van der Waals surface area contributed by atoms with Crippen molar-refractivity contribution >= 4 is 0 Å². The SMILES string of the molecule is O=c1ccc(-c2cccc(F)c2F)n[nH]1. The summed E-state index contributed by atoms with van der Waals surface area (Å²) < 4.78 is 26.2. The minimum absolute atomic E-state index is 0.0197. The predicted octanol–water partition coefficient (Wildman–Crippen LogP) is 1.72. The molecule has 0 aliphatic carbocycles. The molecular formula is C10H6F2N2O. The maximum absolute atomic E-state index is 13.3. The fourth-order valence-corrected chi connectivity index (χ4v) is 1.20. The molecule has 0 unspecified atom stereocenters. The quantitative estimate of drug-likeness (QED) is 0.775. The van der Waals surface area contributed by atoms with Crippen molar-refractivity contribution in [3.63, 3.8) is 0 Å². The minimum Gasteiger partial charge on any atom is -0.268 e. The Balaban J connectivity index is 2.59. The average molecular weight is 208 g/mol. The second-order valence-electron chi connectivity index (χ2n) is 2.91. The van der Waals surface area contributed by atoms with Gasteiger partial charge < -0.3 is 0 Å². The third-order valence-electron chi connectivity index (χ3n) is 1.91. The Bertz CT molecular complexity index is 531. The van der Waals surface area contributed by atoms with Crippen molar-refractivity contribution in [1.29, 1.82) is 0 Å². The molecule has 1 aromatic heterocycles. The number of benzene rings is 1. The third kappa shape index (κ3) is 1.76. The van der Waals surface area contributed by atoms with Crippen LogP contribution in [0.25, 0.3) is 11.3 Å². The van der Waals surface area contributed by atoms with Crippen LogP contribution in [0.15, 0.2) is 35.1 Å². The highest BCUT2D eigenvalue weighted by molar-refractivity contribution is 5.58. The number of hydrogen-bond donors (Lipinski definition) is 1. The second kappa shape index (κ2) is 3.61. The van der Waals surface area contributed by atoms with Gasteiger partial charge in [0.25, 0.3) is 5.56 Å². The standard InChI is InChI=1S/C10H6F2N2O/c11-7-3-1-2-6(10(7)12)8-4-5-9(15)14-13-8/h1-5H,(H,14,15). The van der Waals surface area contributed by atoms with Crippen molar-refractivity contribution in [3.05, 3.63) is 52.3 Å². The molecule has 5 heteroatoms. The molecule has 2 aromatic rings. The molecule has 0 saturated heterocycles. The van der Waals surface area contributed by atoms with Crippen LogP contribution in [0.5, 0.6) is 0 Å². The van der Waals surface area contributed by atoms with Crippen LogP contribution in [0.3, 0.4) is 0 Å². The lowest BCUT2D eigenvalue weighted by Gasteiger charge is -2.01. The van der Waals surface area contributed by atoms with Crippen molar-refractivity contribution < 1.29 is 8.78 Å². The Morgan fingerprint density at radius 3 is 2.60 bits per heavy atom. The molecule has 1 heterocycles. The molecule has 0 atom stereocenters. The molecule has 0 bridgehead atoms. The Labute approximate surface area is 83.4 Å². The van der Waals surface area contributed by atoms with Crippen molar-refractivity contribution in [2.45, 2.75) is 0 Å². The summed E-state index contributed by atoms with van der Waals surface area (Å²) in [5.74, 6) is -1.92. The smallest absolute Gasteiger partial charge is 0.264 e. The van der Waals surface area contributed by atoms with Crippen molar-refractivity contribution in [3.8, 4) is 11.3 Å². The van der Waals surface area contributed by atoms with Crippen LogP contribution < -0.4 is 5.56 Å². The van der Waals surface area contributed by atoms with E-state index in [0.717, 1.165) is 6.07 Å². The molecule has 0 fully saturated rings. The normalized spacial score (nSPS) is 10.3. The van der Waals surface area contributed by atoms with E-state index in [4.69, 9.17) is 0 Å². The van der Waals surface area contributed by atoms with E-state index >= 15 is 0 Å².